The molecular weight excluding hydrogens is 287 g/mol. The van der Waals surface area contributed by atoms with E-state index in [9.17, 15) is 9.46 Å². The highest BCUT2D eigenvalue weighted by atomic mass is 31.2. The number of unbranched alkanes of at least 4 members (excludes halogenated alkanes) is 2. The molecule has 0 aromatic carbocycles. The van der Waals surface area contributed by atoms with Gasteiger partial charge in [0, 0.05) is 5.92 Å². The summed E-state index contributed by atoms with van der Waals surface area (Å²) in [4.78, 5) is 11.7. The molecule has 0 N–H and O–H groups in total. The maximum atomic E-state index is 11.7. The Morgan fingerprint density at radius 3 is 2.29 bits per heavy atom. The zero-order chi connectivity index (χ0) is 16.3. The summed E-state index contributed by atoms with van der Waals surface area (Å²) in [6.07, 6.45) is 8.01. The van der Waals surface area contributed by atoms with Crippen LogP contribution in [0.5, 0.6) is 0 Å². The Hall–Kier alpha value is -0.150. The lowest BCUT2D eigenvalue weighted by Crippen LogP contribution is -2.17. The van der Waals surface area contributed by atoms with Crippen LogP contribution in [-0.4, -0.2) is 13.2 Å². The van der Waals surface area contributed by atoms with Crippen LogP contribution in [0.3, 0.4) is 0 Å². The summed E-state index contributed by atoms with van der Waals surface area (Å²) in [6.45, 7) is 10.8. The molecule has 0 heterocycles. The fourth-order valence-corrected chi connectivity index (χ4v) is 2.46. The lowest BCUT2D eigenvalue weighted by molar-refractivity contribution is -0.226. The Bertz CT molecular complexity index is 328. The smallest absolute Gasteiger partial charge is 0.267 e. The van der Waals surface area contributed by atoms with Crippen LogP contribution in [0.2, 0.25) is 0 Å². The van der Waals surface area contributed by atoms with Crippen molar-refractivity contribution in [2.45, 2.75) is 60.3 Å². The van der Waals surface area contributed by atoms with Gasteiger partial charge in [-0.1, -0.05) is 66.0 Å². The molecule has 0 aliphatic heterocycles. The van der Waals surface area contributed by atoms with Crippen LogP contribution >= 0.6 is 7.82 Å². The minimum atomic E-state index is -4.16. The Morgan fingerprint density at radius 2 is 1.76 bits per heavy atom. The Morgan fingerprint density at radius 1 is 1.10 bits per heavy atom. The first kappa shape index (κ1) is 20.9. The molecule has 0 aromatic heterocycles. The van der Waals surface area contributed by atoms with Crippen molar-refractivity contribution in [1.82, 2.24) is 0 Å². The summed E-state index contributed by atoms with van der Waals surface area (Å²) >= 11 is 0. The SMILES string of the molecule is CCCCCOP(=O)([O-])OCC(C=CC(C)CC)C(C)C. The van der Waals surface area contributed by atoms with E-state index in [1.54, 1.807) is 0 Å². The van der Waals surface area contributed by atoms with Crippen LogP contribution in [-0.2, 0) is 13.6 Å². The predicted molar refractivity (Wildman–Crippen MR) is 86.0 cm³/mol. The molecule has 5 heteroatoms. The molecule has 3 unspecified atom stereocenters. The van der Waals surface area contributed by atoms with Gasteiger partial charge in [0.1, 0.15) is 0 Å². The molecule has 0 saturated carbocycles. The summed E-state index contributed by atoms with van der Waals surface area (Å²) in [7, 11) is -4.16. The summed E-state index contributed by atoms with van der Waals surface area (Å²) in [5.74, 6) is 0.904. The molecule has 0 spiro atoms. The number of rotatable bonds is 12. The fraction of sp³-hybridized carbons (Fsp3) is 0.875. The van der Waals surface area contributed by atoms with Gasteiger partial charge in [-0.2, -0.15) is 0 Å². The zero-order valence-corrected chi connectivity index (χ0v) is 15.1. The minimum Gasteiger partial charge on any atom is -0.756 e. The van der Waals surface area contributed by atoms with Crippen molar-refractivity contribution >= 4 is 7.82 Å². The molecule has 0 radical (unpaired) electrons. The summed E-state index contributed by atoms with van der Waals surface area (Å²) in [6, 6.07) is 0. The maximum Gasteiger partial charge on any atom is 0.267 e. The van der Waals surface area contributed by atoms with E-state index in [1.807, 2.05) is 0 Å². The highest BCUT2D eigenvalue weighted by Gasteiger charge is 2.16. The van der Waals surface area contributed by atoms with Gasteiger partial charge in [0.2, 0.25) is 0 Å². The monoisotopic (exact) mass is 319 g/mol. The molecule has 0 fully saturated rings. The molecule has 0 aliphatic carbocycles. The quantitative estimate of drug-likeness (QED) is 0.301. The molecule has 4 nitrogen and oxygen atoms in total. The third kappa shape index (κ3) is 11.1. The molecule has 0 rings (SSSR count). The van der Waals surface area contributed by atoms with Gasteiger partial charge in [-0.3, -0.25) is 4.57 Å². The van der Waals surface area contributed by atoms with Gasteiger partial charge in [0.05, 0.1) is 13.2 Å². The van der Waals surface area contributed by atoms with Gasteiger partial charge in [-0.05, 0) is 18.3 Å². The second-order valence-corrected chi connectivity index (χ2v) is 7.37. The van der Waals surface area contributed by atoms with E-state index in [4.69, 9.17) is 9.05 Å². The topological polar surface area (TPSA) is 58.6 Å². The Labute approximate surface area is 130 Å². The third-order valence-corrected chi connectivity index (χ3v) is 4.57. The standard InChI is InChI=1S/C16H33O4P/c1-6-8-9-12-19-21(17,18)20-13-16(14(3)4)11-10-15(5)7-2/h10-11,14-16H,6-9,12-13H2,1-5H3,(H,17,18)/p-1. The Balaban J connectivity index is 4.27. The molecule has 21 heavy (non-hydrogen) atoms. The minimum absolute atomic E-state index is 0.0838. The zero-order valence-electron chi connectivity index (χ0n) is 14.2. The average molecular weight is 319 g/mol. The normalized spacial score (nSPS) is 18.0. The van der Waals surface area contributed by atoms with Gasteiger partial charge in [-0.15, -0.1) is 0 Å². The number of phosphoric acid groups is 1. The van der Waals surface area contributed by atoms with E-state index in [-0.39, 0.29) is 19.1 Å². The van der Waals surface area contributed by atoms with Crippen LogP contribution in [0.1, 0.15) is 60.3 Å². The van der Waals surface area contributed by atoms with Crippen LogP contribution in [0.25, 0.3) is 0 Å². The van der Waals surface area contributed by atoms with Gasteiger partial charge < -0.3 is 13.9 Å². The van der Waals surface area contributed by atoms with Crippen molar-refractivity contribution in [3.63, 3.8) is 0 Å². The van der Waals surface area contributed by atoms with E-state index < -0.39 is 7.82 Å². The van der Waals surface area contributed by atoms with Crippen molar-refractivity contribution in [3.8, 4) is 0 Å². The van der Waals surface area contributed by atoms with Crippen LogP contribution in [0.4, 0.5) is 0 Å². The number of hydrogen-bond donors (Lipinski definition) is 0. The van der Waals surface area contributed by atoms with Crippen molar-refractivity contribution < 1.29 is 18.5 Å². The lowest BCUT2D eigenvalue weighted by Gasteiger charge is -2.26. The highest BCUT2D eigenvalue weighted by molar-refractivity contribution is 7.45. The number of phosphoric ester groups is 1. The van der Waals surface area contributed by atoms with Crippen molar-refractivity contribution in [2.75, 3.05) is 13.2 Å². The largest absolute Gasteiger partial charge is 0.756 e. The first-order valence-electron chi connectivity index (χ1n) is 8.10. The highest BCUT2D eigenvalue weighted by Crippen LogP contribution is 2.39. The van der Waals surface area contributed by atoms with Gasteiger partial charge in [0.15, 0.2) is 0 Å². The molecule has 0 aromatic rings. The van der Waals surface area contributed by atoms with Gasteiger partial charge >= 0.3 is 0 Å². The first-order chi connectivity index (χ1) is 9.82. The lowest BCUT2D eigenvalue weighted by atomic mass is 9.94. The van der Waals surface area contributed by atoms with E-state index in [1.165, 1.54) is 0 Å². The third-order valence-electron chi connectivity index (χ3n) is 3.61. The van der Waals surface area contributed by atoms with Crippen molar-refractivity contribution in [3.05, 3.63) is 12.2 Å². The van der Waals surface area contributed by atoms with Crippen molar-refractivity contribution in [1.29, 1.82) is 0 Å². The summed E-state index contributed by atoms with van der Waals surface area (Å²) in [5, 5.41) is 0. The molecule has 0 amide bonds. The van der Waals surface area contributed by atoms with E-state index in [0.717, 1.165) is 25.7 Å². The maximum absolute atomic E-state index is 11.7. The number of hydrogen-bond acceptors (Lipinski definition) is 4. The molecule has 0 bridgehead atoms. The molecule has 0 aliphatic rings. The fourth-order valence-electron chi connectivity index (χ4n) is 1.68. The van der Waals surface area contributed by atoms with Crippen molar-refractivity contribution in [2.24, 2.45) is 17.8 Å². The van der Waals surface area contributed by atoms with Gasteiger partial charge in [-0.25, -0.2) is 0 Å². The molecule has 126 valence electrons. The molecule has 3 atom stereocenters. The Kier molecular flexibility index (Phi) is 11.3. The van der Waals surface area contributed by atoms with E-state index in [0.29, 0.717) is 11.8 Å². The van der Waals surface area contributed by atoms with Crippen LogP contribution < -0.4 is 4.89 Å². The summed E-state index contributed by atoms with van der Waals surface area (Å²) in [5.41, 5.74) is 0. The first-order valence-corrected chi connectivity index (χ1v) is 9.56. The van der Waals surface area contributed by atoms with E-state index >= 15 is 0 Å². The number of allylic oxidation sites excluding steroid dienone is 1. The van der Waals surface area contributed by atoms with Gasteiger partial charge in [0.25, 0.3) is 7.82 Å². The molecular formula is C16H32O4P-. The predicted octanol–water partition coefficient (Wildman–Crippen LogP) is 4.55. The average Bonchev–Trinajstić information content (AvgIpc) is 2.42. The van der Waals surface area contributed by atoms with E-state index in [2.05, 4.69) is 46.8 Å². The summed E-state index contributed by atoms with van der Waals surface area (Å²) < 4.78 is 21.6. The second-order valence-electron chi connectivity index (χ2n) is 5.96. The molecule has 0 saturated heterocycles. The van der Waals surface area contributed by atoms with Crippen LogP contribution in [0, 0.1) is 17.8 Å². The van der Waals surface area contributed by atoms with Crippen LogP contribution in [0.15, 0.2) is 12.2 Å². The second kappa shape index (κ2) is 11.4.